The van der Waals surface area contributed by atoms with Crippen LogP contribution in [-0.2, 0) is 0 Å². The van der Waals surface area contributed by atoms with Gasteiger partial charge in [-0.05, 0) is 18.6 Å². The number of rotatable bonds is 5. The summed E-state index contributed by atoms with van der Waals surface area (Å²) in [5.41, 5.74) is 1.66. The summed E-state index contributed by atoms with van der Waals surface area (Å²) in [6, 6.07) is 0. The predicted octanol–water partition coefficient (Wildman–Crippen LogP) is 3.45. The van der Waals surface area contributed by atoms with Crippen molar-refractivity contribution in [1.82, 2.24) is 0 Å². The first-order chi connectivity index (χ1) is 6.26. The van der Waals surface area contributed by atoms with E-state index >= 15 is 0 Å². The zero-order chi connectivity index (χ0) is 10.1. The van der Waals surface area contributed by atoms with E-state index in [2.05, 4.69) is 24.7 Å². The van der Waals surface area contributed by atoms with Gasteiger partial charge in [0, 0.05) is 6.21 Å². The smallest absolute Gasteiger partial charge is 0.0695 e. The van der Waals surface area contributed by atoms with Crippen LogP contribution < -0.4 is 0 Å². The molecular formula is C12H15N. The minimum atomic E-state index is 0.799. The van der Waals surface area contributed by atoms with Gasteiger partial charge >= 0.3 is 0 Å². The Kier molecular flexibility index (Phi) is 6.16. The third kappa shape index (κ3) is 4.75. The lowest BCUT2D eigenvalue weighted by Crippen LogP contribution is -1.81. The van der Waals surface area contributed by atoms with Crippen LogP contribution in [0.25, 0.3) is 0 Å². The highest BCUT2D eigenvalue weighted by Gasteiger charge is 1.93. The molecule has 0 saturated heterocycles. The Hall–Kier alpha value is -1.63. The van der Waals surface area contributed by atoms with Crippen LogP contribution >= 0.6 is 0 Å². The van der Waals surface area contributed by atoms with E-state index in [9.17, 15) is 0 Å². The fraction of sp³-hybridized carbons (Fsp3) is 0.0833. The standard InChI is InChI=1S/C12H15N/c1-5-8-11(4)12(9-6-2)13-10-7-3/h5-10H,2-4H2,1H3/b8-5-,12-9-,13-10?. The molecule has 68 valence electrons. The Labute approximate surface area is 80.2 Å². The van der Waals surface area contributed by atoms with Crippen LogP contribution in [0.1, 0.15) is 6.92 Å². The Morgan fingerprint density at radius 2 is 1.92 bits per heavy atom. The van der Waals surface area contributed by atoms with Crippen molar-refractivity contribution in [3.05, 3.63) is 61.4 Å². The maximum atomic E-state index is 4.15. The second-order valence-electron chi connectivity index (χ2n) is 2.33. The summed E-state index contributed by atoms with van der Waals surface area (Å²) in [7, 11) is 0. The summed E-state index contributed by atoms with van der Waals surface area (Å²) in [4.78, 5) is 4.15. The van der Waals surface area contributed by atoms with E-state index in [1.165, 1.54) is 0 Å². The van der Waals surface area contributed by atoms with Crippen molar-refractivity contribution in [3.8, 4) is 0 Å². The van der Waals surface area contributed by atoms with Crippen molar-refractivity contribution in [2.75, 3.05) is 0 Å². The normalized spacial score (nSPS) is 12.2. The Balaban J connectivity index is 4.70. The minimum absolute atomic E-state index is 0.799. The molecule has 0 rings (SSSR count). The molecule has 0 spiro atoms. The molecule has 0 atom stereocenters. The molecule has 0 amide bonds. The Morgan fingerprint density at radius 1 is 1.23 bits per heavy atom. The van der Waals surface area contributed by atoms with Gasteiger partial charge in [0.2, 0.25) is 0 Å². The van der Waals surface area contributed by atoms with E-state index in [4.69, 9.17) is 0 Å². The molecule has 0 aliphatic carbocycles. The van der Waals surface area contributed by atoms with Gasteiger partial charge in [-0.3, -0.25) is 4.99 Å². The highest BCUT2D eigenvalue weighted by atomic mass is 14.7. The van der Waals surface area contributed by atoms with Gasteiger partial charge < -0.3 is 0 Å². The van der Waals surface area contributed by atoms with Gasteiger partial charge in [-0.2, -0.15) is 0 Å². The van der Waals surface area contributed by atoms with Crippen LogP contribution in [0, 0.1) is 0 Å². The number of nitrogens with zero attached hydrogens (tertiary/aromatic N) is 1. The van der Waals surface area contributed by atoms with Gasteiger partial charge in [-0.25, -0.2) is 0 Å². The second kappa shape index (κ2) is 7.04. The molecule has 0 N–H and O–H groups in total. The average molecular weight is 173 g/mol. The van der Waals surface area contributed by atoms with Crippen LogP contribution in [-0.4, -0.2) is 6.21 Å². The lowest BCUT2D eigenvalue weighted by atomic mass is 10.2. The molecule has 0 saturated carbocycles. The van der Waals surface area contributed by atoms with Crippen molar-refractivity contribution in [1.29, 1.82) is 0 Å². The van der Waals surface area contributed by atoms with E-state index in [1.54, 1.807) is 18.4 Å². The van der Waals surface area contributed by atoms with Crippen molar-refractivity contribution >= 4 is 6.21 Å². The molecule has 1 heteroatoms. The molecule has 0 heterocycles. The summed E-state index contributed by atoms with van der Waals surface area (Å²) >= 11 is 0. The summed E-state index contributed by atoms with van der Waals surface area (Å²) < 4.78 is 0. The van der Waals surface area contributed by atoms with Gasteiger partial charge in [-0.15, -0.1) is 0 Å². The molecular weight excluding hydrogens is 158 g/mol. The molecule has 0 radical (unpaired) electrons. The van der Waals surface area contributed by atoms with Gasteiger partial charge in [-0.1, -0.05) is 44.0 Å². The Morgan fingerprint density at radius 3 is 2.38 bits per heavy atom. The first-order valence-corrected chi connectivity index (χ1v) is 4.06. The molecule has 0 aliphatic rings. The highest BCUT2D eigenvalue weighted by molar-refractivity contribution is 5.72. The van der Waals surface area contributed by atoms with E-state index in [0.717, 1.165) is 11.3 Å². The zero-order valence-electron chi connectivity index (χ0n) is 8.03. The van der Waals surface area contributed by atoms with Crippen LogP contribution in [0.15, 0.2) is 66.4 Å². The molecule has 0 fully saturated rings. The molecule has 0 aromatic carbocycles. The van der Waals surface area contributed by atoms with Gasteiger partial charge in [0.05, 0.1) is 5.70 Å². The fourth-order valence-electron chi connectivity index (χ4n) is 0.764. The third-order valence-corrected chi connectivity index (χ3v) is 1.29. The highest BCUT2D eigenvalue weighted by Crippen LogP contribution is 2.10. The fourth-order valence-corrected chi connectivity index (χ4v) is 0.764. The lowest BCUT2D eigenvalue weighted by Gasteiger charge is -1.98. The van der Waals surface area contributed by atoms with Crippen LogP contribution in [0.2, 0.25) is 0 Å². The topological polar surface area (TPSA) is 12.4 Å². The quantitative estimate of drug-likeness (QED) is 0.446. The molecule has 13 heavy (non-hydrogen) atoms. The first-order valence-electron chi connectivity index (χ1n) is 4.06. The number of hydrogen-bond donors (Lipinski definition) is 0. The van der Waals surface area contributed by atoms with Crippen molar-refractivity contribution in [2.24, 2.45) is 4.99 Å². The third-order valence-electron chi connectivity index (χ3n) is 1.29. The molecule has 0 aromatic rings. The van der Waals surface area contributed by atoms with Crippen LogP contribution in [0.3, 0.4) is 0 Å². The van der Waals surface area contributed by atoms with Crippen LogP contribution in [0.5, 0.6) is 0 Å². The number of aliphatic imine (C=N–C) groups is 1. The molecule has 0 bridgehead atoms. The van der Waals surface area contributed by atoms with Gasteiger partial charge in [0.1, 0.15) is 0 Å². The largest absolute Gasteiger partial charge is 0.256 e. The van der Waals surface area contributed by atoms with E-state index in [1.807, 2.05) is 25.2 Å². The summed E-state index contributed by atoms with van der Waals surface area (Å²) in [6.45, 7) is 13.0. The van der Waals surface area contributed by atoms with E-state index in [-0.39, 0.29) is 0 Å². The maximum Gasteiger partial charge on any atom is 0.0695 e. The summed E-state index contributed by atoms with van der Waals surface area (Å²) in [6.07, 6.45) is 10.6. The molecule has 1 nitrogen and oxygen atoms in total. The van der Waals surface area contributed by atoms with Crippen LogP contribution in [0.4, 0.5) is 0 Å². The number of allylic oxidation sites excluding steroid dienone is 5. The van der Waals surface area contributed by atoms with Gasteiger partial charge in [0.15, 0.2) is 0 Å². The van der Waals surface area contributed by atoms with Crippen molar-refractivity contribution in [3.63, 3.8) is 0 Å². The molecule has 0 unspecified atom stereocenters. The first kappa shape index (κ1) is 11.4. The minimum Gasteiger partial charge on any atom is -0.256 e. The SMILES string of the molecule is C=CC=N/C(=C\C=C)C(=C)/C=C\C. The Bertz CT molecular complexity index is 277. The zero-order valence-corrected chi connectivity index (χ0v) is 8.03. The second-order valence-corrected chi connectivity index (χ2v) is 2.33. The van der Waals surface area contributed by atoms with Crippen molar-refractivity contribution < 1.29 is 0 Å². The lowest BCUT2D eigenvalue weighted by molar-refractivity contribution is 1.36. The van der Waals surface area contributed by atoms with Crippen molar-refractivity contribution in [2.45, 2.75) is 6.92 Å². The summed E-state index contributed by atoms with van der Waals surface area (Å²) in [5, 5.41) is 0. The average Bonchev–Trinajstić information content (AvgIpc) is 2.12. The predicted molar refractivity (Wildman–Crippen MR) is 60.9 cm³/mol. The molecule has 0 aliphatic heterocycles. The molecule has 0 aromatic heterocycles. The maximum absolute atomic E-state index is 4.15. The number of hydrogen-bond acceptors (Lipinski definition) is 1. The van der Waals surface area contributed by atoms with E-state index in [0.29, 0.717) is 0 Å². The van der Waals surface area contributed by atoms with Gasteiger partial charge in [0.25, 0.3) is 0 Å². The summed E-state index contributed by atoms with van der Waals surface area (Å²) in [5.74, 6) is 0. The monoisotopic (exact) mass is 173 g/mol. The van der Waals surface area contributed by atoms with E-state index < -0.39 is 0 Å².